The maximum Gasteiger partial charge on any atom is 0.243 e. The van der Waals surface area contributed by atoms with Gasteiger partial charge in [-0.25, -0.2) is 0 Å². The quantitative estimate of drug-likeness (QED) is 0.734. The first kappa shape index (κ1) is 14.3. The van der Waals surface area contributed by atoms with Crippen molar-refractivity contribution in [3.8, 4) is 0 Å². The number of aliphatic hydroxyl groups is 1. The molecule has 5 nitrogen and oxygen atoms in total. The van der Waals surface area contributed by atoms with Gasteiger partial charge in [0.15, 0.2) is 0 Å². The third-order valence-corrected chi connectivity index (χ3v) is 5.78. The van der Waals surface area contributed by atoms with Crippen molar-refractivity contribution in [3.05, 3.63) is 0 Å². The van der Waals surface area contributed by atoms with E-state index < -0.39 is 11.1 Å². The van der Waals surface area contributed by atoms with Gasteiger partial charge < -0.3 is 20.5 Å². The maximum absolute atomic E-state index is 12.9. The molecule has 3 aliphatic rings. The molecule has 5 heteroatoms. The summed E-state index contributed by atoms with van der Waals surface area (Å²) in [4.78, 5) is 14.7. The van der Waals surface area contributed by atoms with Gasteiger partial charge in [0, 0.05) is 31.0 Å². The van der Waals surface area contributed by atoms with E-state index in [1.54, 1.807) is 11.8 Å². The van der Waals surface area contributed by atoms with Crippen LogP contribution in [-0.2, 0) is 9.53 Å². The van der Waals surface area contributed by atoms with Gasteiger partial charge in [-0.1, -0.05) is 13.8 Å². The number of nitrogens with two attached hydrogens (primary N) is 1. The molecule has 0 radical (unpaired) electrons. The van der Waals surface area contributed by atoms with Crippen molar-refractivity contribution in [3.63, 3.8) is 0 Å². The predicted octanol–water partition coefficient (Wildman–Crippen LogP) is 0.502. The summed E-state index contributed by atoms with van der Waals surface area (Å²) in [7, 11) is 0. The minimum atomic E-state index is -0.849. The standard InChI is InChI=1S/C15H26N2O3/c1-13(2)11-10(5-4-8-20-11)15(13,16)12(18)17-7-6-14(3,19)9-17/h10-11,19H,4-9,16H2,1-3H3. The molecule has 2 aliphatic heterocycles. The Bertz CT molecular complexity index is 435. The van der Waals surface area contributed by atoms with Crippen LogP contribution in [0.3, 0.4) is 0 Å². The summed E-state index contributed by atoms with van der Waals surface area (Å²) in [5.41, 5.74) is 4.63. The van der Waals surface area contributed by atoms with Crippen molar-refractivity contribution < 1.29 is 14.6 Å². The number of fused-ring (bicyclic) bond motifs is 1. The fourth-order valence-corrected chi connectivity index (χ4v) is 4.39. The topological polar surface area (TPSA) is 75.8 Å². The number of rotatable bonds is 1. The maximum atomic E-state index is 12.9. The lowest BCUT2D eigenvalue weighted by Crippen LogP contribution is -2.82. The van der Waals surface area contributed by atoms with Gasteiger partial charge in [0.25, 0.3) is 0 Å². The van der Waals surface area contributed by atoms with Crippen molar-refractivity contribution in [2.45, 2.75) is 57.3 Å². The molecule has 0 aromatic carbocycles. The molecule has 20 heavy (non-hydrogen) atoms. The Morgan fingerprint density at radius 2 is 2.10 bits per heavy atom. The molecule has 114 valence electrons. The Kier molecular flexibility index (Phi) is 2.99. The van der Waals surface area contributed by atoms with Gasteiger partial charge in [-0.3, -0.25) is 4.79 Å². The second-order valence-electron chi connectivity index (χ2n) is 7.60. The van der Waals surface area contributed by atoms with Gasteiger partial charge in [0.2, 0.25) is 5.91 Å². The summed E-state index contributed by atoms with van der Waals surface area (Å²) >= 11 is 0. The summed E-state index contributed by atoms with van der Waals surface area (Å²) in [5, 5.41) is 10.1. The number of ether oxygens (including phenoxy) is 1. The first-order valence-electron chi connectivity index (χ1n) is 7.62. The molecule has 0 spiro atoms. The van der Waals surface area contributed by atoms with Gasteiger partial charge in [-0.05, 0) is 26.2 Å². The Hall–Kier alpha value is -0.650. The van der Waals surface area contributed by atoms with E-state index in [0.29, 0.717) is 19.5 Å². The van der Waals surface area contributed by atoms with Crippen molar-refractivity contribution >= 4 is 5.91 Å². The molecule has 1 amide bonds. The molecule has 3 rings (SSSR count). The average molecular weight is 282 g/mol. The van der Waals surface area contributed by atoms with E-state index in [4.69, 9.17) is 10.5 Å². The third kappa shape index (κ3) is 1.69. The molecular weight excluding hydrogens is 256 g/mol. The highest BCUT2D eigenvalue weighted by Crippen LogP contribution is 2.58. The summed E-state index contributed by atoms with van der Waals surface area (Å²) in [5.74, 6) is 0.108. The van der Waals surface area contributed by atoms with Crippen LogP contribution in [0.25, 0.3) is 0 Å². The van der Waals surface area contributed by atoms with E-state index in [0.717, 1.165) is 19.4 Å². The SMILES string of the molecule is CC1(O)CCN(C(=O)C2(N)C3CCCOC3C2(C)C)C1. The van der Waals surface area contributed by atoms with E-state index in [9.17, 15) is 9.90 Å². The number of carbonyl (C=O) groups is 1. The molecular formula is C15H26N2O3. The highest BCUT2D eigenvalue weighted by molar-refractivity contribution is 5.90. The molecule has 0 aromatic heterocycles. The molecule has 2 heterocycles. The lowest BCUT2D eigenvalue weighted by molar-refractivity contribution is -0.229. The van der Waals surface area contributed by atoms with E-state index in [1.165, 1.54) is 0 Å². The Morgan fingerprint density at radius 3 is 2.70 bits per heavy atom. The van der Waals surface area contributed by atoms with Gasteiger partial charge >= 0.3 is 0 Å². The number of amides is 1. The normalized spacial score (nSPS) is 46.8. The van der Waals surface area contributed by atoms with Crippen molar-refractivity contribution in [1.82, 2.24) is 4.90 Å². The van der Waals surface area contributed by atoms with Crippen LogP contribution in [0.1, 0.15) is 40.0 Å². The second-order valence-corrected chi connectivity index (χ2v) is 7.60. The number of hydrogen-bond donors (Lipinski definition) is 2. The first-order valence-corrected chi connectivity index (χ1v) is 7.62. The van der Waals surface area contributed by atoms with Crippen LogP contribution in [0.15, 0.2) is 0 Å². The lowest BCUT2D eigenvalue weighted by Gasteiger charge is -2.65. The largest absolute Gasteiger partial charge is 0.388 e. The van der Waals surface area contributed by atoms with Crippen LogP contribution >= 0.6 is 0 Å². The zero-order valence-electron chi connectivity index (χ0n) is 12.7. The molecule has 0 aromatic rings. The van der Waals surface area contributed by atoms with E-state index in [1.807, 2.05) is 13.8 Å². The van der Waals surface area contributed by atoms with Crippen LogP contribution in [0.4, 0.5) is 0 Å². The Labute approximate surface area is 120 Å². The Morgan fingerprint density at radius 1 is 1.40 bits per heavy atom. The van der Waals surface area contributed by atoms with Crippen molar-refractivity contribution in [2.24, 2.45) is 17.1 Å². The molecule has 1 aliphatic carbocycles. The number of carbonyl (C=O) groups excluding carboxylic acids is 1. The zero-order valence-corrected chi connectivity index (χ0v) is 12.7. The lowest BCUT2D eigenvalue weighted by atomic mass is 9.46. The van der Waals surface area contributed by atoms with Crippen LogP contribution in [-0.4, -0.2) is 52.9 Å². The summed E-state index contributed by atoms with van der Waals surface area (Å²) < 4.78 is 5.84. The van der Waals surface area contributed by atoms with Crippen molar-refractivity contribution in [1.29, 1.82) is 0 Å². The Balaban J connectivity index is 1.83. The molecule has 2 saturated heterocycles. The molecule has 0 bridgehead atoms. The molecule has 3 fully saturated rings. The van der Waals surface area contributed by atoms with Crippen LogP contribution < -0.4 is 5.73 Å². The van der Waals surface area contributed by atoms with Gasteiger partial charge in [-0.15, -0.1) is 0 Å². The van der Waals surface area contributed by atoms with Crippen LogP contribution in [0.5, 0.6) is 0 Å². The third-order valence-electron chi connectivity index (χ3n) is 5.78. The minimum Gasteiger partial charge on any atom is -0.388 e. The summed E-state index contributed by atoms with van der Waals surface area (Å²) in [6.45, 7) is 7.60. The summed E-state index contributed by atoms with van der Waals surface area (Å²) in [6, 6.07) is 0. The van der Waals surface area contributed by atoms with Gasteiger partial charge in [0.1, 0.15) is 5.54 Å². The number of hydrogen-bond acceptors (Lipinski definition) is 4. The molecule has 4 atom stereocenters. The summed E-state index contributed by atoms with van der Waals surface area (Å²) in [6.07, 6.45) is 2.65. The highest BCUT2D eigenvalue weighted by atomic mass is 16.5. The second kappa shape index (κ2) is 4.18. The smallest absolute Gasteiger partial charge is 0.243 e. The van der Waals surface area contributed by atoms with Crippen LogP contribution in [0, 0.1) is 11.3 Å². The predicted molar refractivity (Wildman–Crippen MR) is 75.0 cm³/mol. The molecule has 1 saturated carbocycles. The van der Waals surface area contributed by atoms with Crippen molar-refractivity contribution in [2.75, 3.05) is 19.7 Å². The van der Waals surface area contributed by atoms with E-state index in [2.05, 4.69) is 0 Å². The fourth-order valence-electron chi connectivity index (χ4n) is 4.39. The van der Waals surface area contributed by atoms with Gasteiger partial charge in [-0.2, -0.15) is 0 Å². The fraction of sp³-hybridized carbons (Fsp3) is 0.933. The molecule has 4 unspecified atom stereocenters. The monoisotopic (exact) mass is 282 g/mol. The van der Waals surface area contributed by atoms with Crippen LogP contribution in [0.2, 0.25) is 0 Å². The number of β-amino-alcohol motifs (C(OH)–C–C–N with tert-alkyl or cyclic N) is 1. The first-order chi connectivity index (χ1) is 9.20. The zero-order chi connectivity index (χ0) is 14.8. The van der Waals surface area contributed by atoms with Gasteiger partial charge in [0.05, 0.1) is 11.7 Å². The number of likely N-dealkylation sites (tertiary alicyclic amines) is 1. The van der Waals surface area contributed by atoms with E-state index >= 15 is 0 Å². The average Bonchev–Trinajstić information content (AvgIpc) is 2.77. The number of nitrogens with zero attached hydrogens (tertiary/aromatic N) is 1. The van der Waals surface area contributed by atoms with E-state index in [-0.39, 0.29) is 23.3 Å². The minimum absolute atomic E-state index is 0.00738. The highest BCUT2D eigenvalue weighted by Gasteiger charge is 2.71. The molecule has 3 N–H and O–H groups in total.